The van der Waals surface area contributed by atoms with Gasteiger partial charge in [0.05, 0.1) is 0 Å². The van der Waals surface area contributed by atoms with Crippen molar-refractivity contribution in [1.29, 1.82) is 0 Å². The molecular weight excluding hydrogens is 375 g/mol. The molecule has 0 spiro atoms. The van der Waals surface area contributed by atoms with Crippen LogP contribution in [0.25, 0.3) is 10.8 Å². The van der Waals surface area contributed by atoms with E-state index in [1.165, 1.54) is 6.92 Å². The van der Waals surface area contributed by atoms with Crippen LogP contribution in [0.4, 0.5) is 4.39 Å². The number of hydrogen-bond donors (Lipinski definition) is 2. The Balaban J connectivity index is 1.79. The fourth-order valence-electron chi connectivity index (χ4n) is 5.52. The van der Waals surface area contributed by atoms with Crippen molar-refractivity contribution in [1.82, 2.24) is 0 Å². The van der Waals surface area contributed by atoms with Gasteiger partial charge in [0.25, 0.3) is 0 Å². The number of phenolic OH excluding ortho intramolecular Hbond substituents is 1. The number of alkyl halides is 1. The highest BCUT2D eigenvalue weighted by Crippen LogP contribution is 2.61. The molecule has 154 valence electrons. The Kier molecular flexibility index (Phi) is 4.65. The van der Waals surface area contributed by atoms with Gasteiger partial charge < -0.3 is 14.9 Å². The predicted octanol–water partition coefficient (Wildman–Crippen LogP) is 3.71. The lowest BCUT2D eigenvalue weighted by Gasteiger charge is -2.46. The summed E-state index contributed by atoms with van der Waals surface area (Å²) in [6.07, 6.45) is 2.12. The number of aliphatic hydroxyl groups is 1. The van der Waals surface area contributed by atoms with Gasteiger partial charge in [-0.1, -0.05) is 19.1 Å². The number of aryl methyl sites for hydroxylation is 1. The summed E-state index contributed by atoms with van der Waals surface area (Å²) in [7, 11) is 0. The quantitative estimate of drug-likeness (QED) is 0.765. The van der Waals surface area contributed by atoms with Gasteiger partial charge in [-0.15, -0.1) is 0 Å². The molecular formula is C23H25FO5. The Morgan fingerprint density at radius 3 is 2.69 bits per heavy atom. The SMILES string of the molecule is CC(=O)OCC(=O)[C@@]1(O)CC[C@H]2c3cc(CF)c4cc(O)ccc4c3CC[C@@]21C. The Morgan fingerprint density at radius 1 is 1.24 bits per heavy atom. The monoisotopic (exact) mass is 400 g/mol. The molecule has 0 saturated heterocycles. The maximum atomic E-state index is 13.8. The van der Waals surface area contributed by atoms with Crippen LogP contribution in [0.2, 0.25) is 0 Å². The second kappa shape index (κ2) is 6.80. The minimum atomic E-state index is -1.58. The second-order valence-electron chi connectivity index (χ2n) is 8.54. The topological polar surface area (TPSA) is 83.8 Å². The lowest BCUT2D eigenvalue weighted by molar-refractivity contribution is -0.161. The highest BCUT2D eigenvalue weighted by molar-refractivity contribution is 5.93. The van der Waals surface area contributed by atoms with E-state index in [1.54, 1.807) is 12.1 Å². The fourth-order valence-corrected chi connectivity index (χ4v) is 5.52. The summed E-state index contributed by atoms with van der Waals surface area (Å²) in [4.78, 5) is 23.9. The molecule has 3 atom stereocenters. The van der Waals surface area contributed by atoms with Crippen LogP contribution in [0.1, 0.15) is 55.7 Å². The first-order valence-electron chi connectivity index (χ1n) is 9.93. The molecule has 29 heavy (non-hydrogen) atoms. The van der Waals surface area contributed by atoms with Crippen LogP contribution in [0.3, 0.4) is 0 Å². The van der Waals surface area contributed by atoms with Crippen LogP contribution in [0.15, 0.2) is 24.3 Å². The van der Waals surface area contributed by atoms with Crippen molar-refractivity contribution in [2.24, 2.45) is 5.41 Å². The maximum absolute atomic E-state index is 13.8. The van der Waals surface area contributed by atoms with Gasteiger partial charge in [-0.25, -0.2) is 4.39 Å². The number of halogens is 1. The Morgan fingerprint density at radius 2 is 2.00 bits per heavy atom. The lowest BCUT2D eigenvalue weighted by Crippen LogP contribution is -2.53. The number of Topliss-reactive ketones (excluding diaryl/α,β-unsaturated/α-hetero) is 1. The van der Waals surface area contributed by atoms with E-state index in [9.17, 15) is 24.2 Å². The van der Waals surface area contributed by atoms with Gasteiger partial charge in [-0.2, -0.15) is 0 Å². The van der Waals surface area contributed by atoms with Gasteiger partial charge in [0, 0.05) is 12.3 Å². The molecule has 1 fully saturated rings. The summed E-state index contributed by atoms with van der Waals surface area (Å²) in [5.41, 5.74) is 0.276. The van der Waals surface area contributed by atoms with E-state index in [0.717, 1.165) is 16.5 Å². The molecule has 2 aliphatic rings. The van der Waals surface area contributed by atoms with Gasteiger partial charge in [-0.05, 0) is 71.2 Å². The highest BCUT2D eigenvalue weighted by Gasteiger charge is 2.61. The summed E-state index contributed by atoms with van der Waals surface area (Å²) in [5.74, 6) is -1.03. The molecule has 4 rings (SSSR count). The molecule has 0 unspecified atom stereocenters. The number of ether oxygens (including phenoxy) is 1. The molecule has 2 aromatic rings. The predicted molar refractivity (Wildman–Crippen MR) is 105 cm³/mol. The van der Waals surface area contributed by atoms with Crippen molar-refractivity contribution in [3.05, 3.63) is 41.0 Å². The Hall–Kier alpha value is -2.47. The summed E-state index contributed by atoms with van der Waals surface area (Å²) >= 11 is 0. The highest BCUT2D eigenvalue weighted by atomic mass is 19.1. The molecule has 0 amide bonds. The van der Waals surface area contributed by atoms with Crippen LogP contribution in [0.5, 0.6) is 5.75 Å². The van der Waals surface area contributed by atoms with Crippen LogP contribution in [-0.4, -0.2) is 34.2 Å². The number of carbonyl (C=O) groups excluding carboxylic acids is 2. The van der Waals surface area contributed by atoms with Crippen molar-refractivity contribution in [2.45, 2.75) is 57.7 Å². The average molecular weight is 400 g/mol. The van der Waals surface area contributed by atoms with Crippen molar-refractivity contribution in [3.8, 4) is 5.75 Å². The first kappa shape index (κ1) is 19.8. The van der Waals surface area contributed by atoms with E-state index >= 15 is 0 Å². The summed E-state index contributed by atoms with van der Waals surface area (Å²) in [6.45, 7) is 2.05. The number of esters is 1. The van der Waals surface area contributed by atoms with E-state index in [1.807, 2.05) is 19.1 Å². The minimum absolute atomic E-state index is 0.0963. The molecule has 0 radical (unpaired) electrons. The molecule has 0 aliphatic heterocycles. The normalized spacial score (nSPS) is 28.1. The van der Waals surface area contributed by atoms with Crippen LogP contribution in [-0.2, 0) is 27.4 Å². The first-order chi connectivity index (χ1) is 13.7. The number of aromatic hydroxyl groups is 1. The lowest BCUT2D eigenvalue weighted by atomic mass is 9.60. The zero-order valence-electron chi connectivity index (χ0n) is 16.6. The number of hydrogen-bond acceptors (Lipinski definition) is 5. The molecule has 2 N–H and O–H groups in total. The molecule has 6 heteroatoms. The minimum Gasteiger partial charge on any atom is -0.508 e. The van der Waals surface area contributed by atoms with Crippen molar-refractivity contribution >= 4 is 22.5 Å². The van der Waals surface area contributed by atoms with Crippen LogP contribution >= 0.6 is 0 Å². The first-order valence-corrected chi connectivity index (χ1v) is 9.93. The number of fused-ring (bicyclic) bond motifs is 5. The third-order valence-corrected chi connectivity index (χ3v) is 7.14. The largest absolute Gasteiger partial charge is 0.508 e. The zero-order valence-corrected chi connectivity index (χ0v) is 16.6. The average Bonchev–Trinajstić information content (AvgIpc) is 2.97. The van der Waals surface area contributed by atoms with Gasteiger partial charge in [0.2, 0.25) is 5.78 Å². The second-order valence-corrected chi connectivity index (χ2v) is 8.54. The molecule has 2 aromatic carbocycles. The van der Waals surface area contributed by atoms with Crippen LogP contribution < -0.4 is 0 Å². The van der Waals surface area contributed by atoms with Crippen LogP contribution in [0, 0.1) is 5.41 Å². The Bertz CT molecular complexity index is 1020. The standard InChI is InChI=1S/C23H25FO5/c1-13(25)29-12-21(27)23(28)8-6-20-19-9-14(11-24)18-10-15(26)3-4-16(18)17(19)5-7-22(20,23)2/h3-4,9-10,20,26,28H,5-8,11-12H2,1-2H3/t20-,22-,23-/m0/s1. The molecule has 0 bridgehead atoms. The fraction of sp³-hybridized carbons (Fsp3) is 0.478. The smallest absolute Gasteiger partial charge is 0.303 e. The van der Waals surface area contributed by atoms with E-state index in [-0.39, 0.29) is 18.1 Å². The molecule has 0 heterocycles. The molecule has 2 aliphatic carbocycles. The third-order valence-electron chi connectivity index (χ3n) is 7.14. The van der Waals surface area contributed by atoms with Crippen molar-refractivity contribution < 1.29 is 28.9 Å². The Labute approximate surface area is 168 Å². The maximum Gasteiger partial charge on any atom is 0.303 e. The summed E-state index contributed by atoms with van der Waals surface area (Å²) in [6, 6.07) is 6.85. The zero-order chi connectivity index (χ0) is 21.0. The number of phenols is 1. The van der Waals surface area contributed by atoms with E-state index in [0.29, 0.717) is 30.2 Å². The molecule has 5 nitrogen and oxygen atoms in total. The summed E-state index contributed by atoms with van der Waals surface area (Å²) in [5, 5.41) is 22.8. The third kappa shape index (κ3) is 2.84. The van der Waals surface area contributed by atoms with Gasteiger partial charge in [0.1, 0.15) is 18.0 Å². The van der Waals surface area contributed by atoms with Crippen molar-refractivity contribution in [3.63, 3.8) is 0 Å². The van der Waals surface area contributed by atoms with E-state index in [4.69, 9.17) is 4.74 Å². The number of rotatable bonds is 4. The van der Waals surface area contributed by atoms with Gasteiger partial charge in [-0.3, -0.25) is 9.59 Å². The van der Waals surface area contributed by atoms with E-state index < -0.39 is 36.1 Å². The van der Waals surface area contributed by atoms with Crippen molar-refractivity contribution in [2.75, 3.05) is 6.61 Å². The molecule has 0 aromatic heterocycles. The molecule has 1 saturated carbocycles. The summed E-state index contributed by atoms with van der Waals surface area (Å²) < 4.78 is 18.7. The number of ketones is 1. The van der Waals surface area contributed by atoms with Gasteiger partial charge in [0.15, 0.2) is 6.61 Å². The number of carbonyl (C=O) groups is 2. The number of benzene rings is 2. The van der Waals surface area contributed by atoms with E-state index in [2.05, 4.69) is 0 Å². The van der Waals surface area contributed by atoms with Gasteiger partial charge >= 0.3 is 5.97 Å².